The van der Waals surface area contributed by atoms with E-state index in [4.69, 9.17) is 0 Å². The van der Waals surface area contributed by atoms with E-state index < -0.39 is 0 Å². The number of hydrogen-bond acceptors (Lipinski definition) is 1. The quantitative estimate of drug-likeness (QED) is 0.586. The molecule has 0 nitrogen and oxygen atoms in total. The van der Waals surface area contributed by atoms with Crippen molar-refractivity contribution >= 4 is 12.6 Å². The van der Waals surface area contributed by atoms with Crippen molar-refractivity contribution in [3.05, 3.63) is 0 Å². The van der Waals surface area contributed by atoms with Crippen molar-refractivity contribution < 1.29 is 0 Å². The molecule has 0 radical (unpaired) electrons. The molecule has 0 bridgehead atoms. The van der Waals surface area contributed by atoms with Crippen LogP contribution in [0.2, 0.25) is 0 Å². The van der Waals surface area contributed by atoms with Gasteiger partial charge in [0.15, 0.2) is 0 Å². The molecule has 1 saturated carbocycles. The standard InChI is InChI=1S/C9H18S/c1-7(2)5-8-3-4-9(10)6-8/h7-10H,3-6H2,1-2H3. The highest BCUT2D eigenvalue weighted by atomic mass is 32.1. The van der Waals surface area contributed by atoms with E-state index in [0.29, 0.717) is 5.25 Å². The Morgan fingerprint density at radius 2 is 2.10 bits per heavy atom. The smallest absolute Gasteiger partial charge is 0.00195 e. The Kier molecular flexibility index (Phi) is 3.09. The van der Waals surface area contributed by atoms with Crippen LogP contribution in [0, 0.1) is 11.8 Å². The Hall–Kier alpha value is 0.350. The summed E-state index contributed by atoms with van der Waals surface area (Å²) in [7, 11) is 0. The maximum atomic E-state index is 4.47. The van der Waals surface area contributed by atoms with Crippen LogP contribution >= 0.6 is 12.6 Å². The molecule has 1 heteroatoms. The molecule has 0 spiro atoms. The minimum Gasteiger partial charge on any atom is -0.176 e. The predicted octanol–water partition coefficient (Wildman–Crippen LogP) is 3.13. The fraction of sp³-hybridized carbons (Fsp3) is 1.00. The van der Waals surface area contributed by atoms with E-state index in [2.05, 4.69) is 26.5 Å². The Balaban J connectivity index is 2.18. The highest BCUT2D eigenvalue weighted by molar-refractivity contribution is 7.80. The van der Waals surface area contributed by atoms with Crippen molar-refractivity contribution in [3.63, 3.8) is 0 Å². The number of hydrogen-bond donors (Lipinski definition) is 1. The van der Waals surface area contributed by atoms with Crippen molar-refractivity contribution in [3.8, 4) is 0 Å². The summed E-state index contributed by atoms with van der Waals surface area (Å²) in [5.41, 5.74) is 0. The summed E-state index contributed by atoms with van der Waals surface area (Å²) in [6.45, 7) is 4.62. The maximum Gasteiger partial charge on any atom is 0.00195 e. The summed E-state index contributed by atoms with van der Waals surface area (Å²) in [5.74, 6) is 1.87. The monoisotopic (exact) mass is 158 g/mol. The normalized spacial score (nSPS) is 33.6. The fourth-order valence-corrected chi connectivity index (χ4v) is 2.38. The molecule has 0 N–H and O–H groups in total. The van der Waals surface area contributed by atoms with Gasteiger partial charge in [0.1, 0.15) is 0 Å². The van der Waals surface area contributed by atoms with Gasteiger partial charge in [-0.1, -0.05) is 13.8 Å². The molecule has 0 aromatic rings. The third-order valence-electron chi connectivity index (χ3n) is 2.32. The summed E-state index contributed by atoms with van der Waals surface area (Å²) in [6, 6.07) is 0. The molecule has 0 aromatic carbocycles. The van der Waals surface area contributed by atoms with Crippen LogP contribution in [0.15, 0.2) is 0 Å². The second kappa shape index (κ2) is 3.66. The summed E-state index contributed by atoms with van der Waals surface area (Å²) in [6.07, 6.45) is 5.55. The third-order valence-corrected chi connectivity index (χ3v) is 2.79. The number of rotatable bonds is 2. The van der Waals surface area contributed by atoms with Gasteiger partial charge in [0.2, 0.25) is 0 Å². The Morgan fingerprint density at radius 1 is 1.40 bits per heavy atom. The third kappa shape index (κ3) is 2.53. The van der Waals surface area contributed by atoms with Crippen molar-refractivity contribution in [1.29, 1.82) is 0 Å². The van der Waals surface area contributed by atoms with Crippen molar-refractivity contribution in [2.24, 2.45) is 11.8 Å². The minimum absolute atomic E-state index is 0.712. The van der Waals surface area contributed by atoms with Gasteiger partial charge >= 0.3 is 0 Å². The van der Waals surface area contributed by atoms with Crippen LogP contribution in [0.25, 0.3) is 0 Å². The molecule has 10 heavy (non-hydrogen) atoms. The van der Waals surface area contributed by atoms with Crippen LogP contribution in [0.5, 0.6) is 0 Å². The van der Waals surface area contributed by atoms with E-state index in [0.717, 1.165) is 11.8 Å². The van der Waals surface area contributed by atoms with Gasteiger partial charge in [-0.15, -0.1) is 0 Å². The van der Waals surface area contributed by atoms with Crippen molar-refractivity contribution in [2.75, 3.05) is 0 Å². The first-order chi connectivity index (χ1) is 4.68. The van der Waals surface area contributed by atoms with E-state index >= 15 is 0 Å². The fourth-order valence-electron chi connectivity index (χ4n) is 1.93. The van der Waals surface area contributed by atoms with Crippen LogP contribution in [0.1, 0.15) is 39.5 Å². The first kappa shape index (κ1) is 8.45. The maximum absolute atomic E-state index is 4.47. The average molecular weight is 158 g/mol. The van der Waals surface area contributed by atoms with Crippen molar-refractivity contribution in [2.45, 2.75) is 44.8 Å². The summed E-state index contributed by atoms with van der Waals surface area (Å²) in [5, 5.41) is 0.712. The first-order valence-corrected chi connectivity index (χ1v) is 4.88. The van der Waals surface area contributed by atoms with Gasteiger partial charge in [0.25, 0.3) is 0 Å². The predicted molar refractivity (Wildman–Crippen MR) is 49.6 cm³/mol. The first-order valence-electron chi connectivity index (χ1n) is 4.36. The highest BCUT2D eigenvalue weighted by Gasteiger charge is 2.21. The molecule has 1 fully saturated rings. The molecule has 0 aromatic heterocycles. The van der Waals surface area contributed by atoms with E-state index in [-0.39, 0.29) is 0 Å². The van der Waals surface area contributed by atoms with Crippen LogP contribution < -0.4 is 0 Å². The summed E-state index contributed by atoms with van der Waals surface area (Å²) >= 11 is 4.47. The van der Waals surface area contributed by atoms with Gasteiger partial charge in [-0.05, 0) is 37.5 Å². The molecule has 2 unspecified atom stereocenters. The van der Waals surface area contributed by atoms with E-state index in [1.165, 1.54) is 25.7 Å². The van der Waals surface area contributed by atoms with Crippen molar-refractivity contribution in [1.82, 2.24) is 0 Å². The zero-order valence-electron chi connectivity index (χ0n) is 7.01. The van der Waals surface area contributed by atoms with Crippen LogP contribution in [-0.2, 0) is 0 Å². The van der Waals surface area contributed by atoms with Crippen LogP contribution in [0.3, 0.4) is 0 Å². The highest BCUT2D eigenvalue weighted by Crippen LogP contribution is 2.33. The number of thiol groups is 1. The van der Waals surface area contributed by atoms with E-state index in [1.54, 1.807) is 0 Å². The Labute approximate surface area is 69.8 Å². The lowest BCUT2D eigenvalue weighted by Gasteiger charge is -2.11. The summed E-state index contributed by atoms with van der Waals surface area (Å²) in [4.78, 5) is 0. The average Bonchev–Trinajstić information content (AvgIpc) is 2.13. The molecule has 0 saturated heterocycles. The van der Waals surface area contributed by atoms with Crippen LogP contribution in [0.4, 0.5) is 0 Å². The Bertz CT molecular complexity index is 98.9. The molecule has 0 amide bonds. The topological polar surface area (TPSA) is 0 Å². The minimum atomic E-state index is 0.712. The van der Waals surface area contributed by atoms with E-state index in [1.807, 2.05) is 0 Å². The van der Waals surface area contributed by atoms with Gasteiger partial charge in [-0.25, -0.2) is 0 Å². The zero-order valence-corrected chi connectivity index (χ0v) is 7.90. The molecular formula is C9H18S. The molecule has 2 atom stereocenters. The Morgan fingerprint density at radius 3 is 2.50 bits per heavy atom. The molecule has 60 valence electrons. The molecule has 1 rings (SSSR count). The van der Waals surface area contributed by atoms with E-state index in [9.17, 15) is 0 Å². The molecule has 1 aliphatic rings. The van der Waals surface area contributed by atoms with Gasteiger partial charge in [0.05, 0.1) is 0 Å². The second-order valence-corrected chi connectivity index (χ2v) is 4.69. The molecular weight excluding hydrogens is 140 g/mol. The van der Waals surface area contributed by atoms with Gasteiger partial charge in [-0.3, -0.25) is 0 Å². The summed E-state index contributed by atoms with van der Waals surface area (Å²) < 4.78 is 0. The lowest BCUT2D eigenvalue weighted by molar-refractivity contribution is 0.420. The second-order valence-electron chi connectivity index (χ2n) is 3.96. The molecule has 0 heterocycles. The van der Waals surface area contributed by atoms with Gasteiger partial charge in [-0.2, -0.15) is 12.6 Å². The van der Waals surface area contributed by atoms with Gasteiger partial charge < -0.3 is 0 Å². The van der Waals surface area contributed by atoms with Crippen LogP contribution in [-0.4, -0.2) is 5.25 Å². The lowest BCUT2D eigenvalue weighted by atomic mass is 9.96. The zero-order chi connectivity index (χ0) is 7.56. The molecule has 1 aliphatic carbocycles. The van der Waals surface area contributed by atoms with Gasteiger partial charge in [0, 0.05) is 5.25 Å². The molecule has 0 aliphatic heterocycles. The largest absolute Gasteiger partial charge is 0.176 e. The SMILES string of the molecule is CC(C)CC1CCC(S)C1. The lowest BCUT2D eigenvalue weighted by Crippen LogP contribution is -2.00.